The Morgan fingerprint density at radius 1 is 1.32 bits per heavy atom. The van der Waals surface area contributed by atoms with Crippen molar-refractivity contribution in [3.8, 4) is 0 Å². The van der Waals surface area contributed by atoms with Crippen molar-refractivity contribution in [3.63, 3.8) is 0 Å². The van der Waals surface area contributed by atoms with E-state index < -0.39 is 0 Å². The minimum absolute atomic E-state index is 0.0225. The van der Waals surface area contributed by atoms with E-state index in [-0.39, 0.29) is 5.91 Å². The molecular formula is C15H19N3O. The summed E-state index contributed by atoms with van der Waals surface area (Å²) in [5.74, 6) is 0.0225. The van der Waals surface area contributed by atoms with Gasteiger partial charge in [0.25, 0.3) is 0 Å². The Morgan fingerprint density at radius 3 is 2.84 bits per heavy atom. The third kappa shape index (κ3) is 3.02. The molecule has 100 valence electrons. The molecule has 0 aliphatic carbocycles. The Hall–Kier alpha value is -2.10. The molecule has 0 unspecified atom stereocenters. The van der Waals surface area contributed by atoms with Gasteiger partial charge in [-0.05, 0) is 18.6 Å². The summed E-state index contributed by atoms with van der Waals surface area (Å²) in [5, 5.41) is 3.76. The molecule has 0 fully saturated rings. The predicted molar refractivity (Wildman–Crippen MR) is 78.3 cm³/mol. The largest absolute Gasteiger partial charge is 0.362 e. The Bertz CT molecular complexity index is 563. The van der Waals surface area contributed by atoms with E-state index in [1.165, 1.54) is 0 Å². The third-order valence-electron chi connectivity index (χ3n) is 3.07. The van der Waals surface area contributed by atoms with E-state index in [0.717, 1.165) is 29.6 Å². The quantitative estimate of drug-likeness (QED) is 0.893. The van der Waals surface area contributed by atoms with Crippen LogP contribution in [0.5, 0.6) is 0 Å². The maximum Gasteiger partial charge on any atom is 0.239 e. The van der Waals surface area contributed by atoms with Gasteiger partial charge in [-0.2, -0.15) is 0 Å². The molecule has 2 aromatic rings. The van der Waals surface area contributed by atoms with Crippen molar-refractivity contribution in [1.82, 2.24) is 10.3 Å². The number of carbonyl (C=O) groups is 1. The number of hydrogen-bond donors (Lipinski definition) is 1. The summed E-state index contributed by atoms with van der Waals surface area (Å²) in [4.78, 5) is 18.1. The Labute approximate surface area is 113 Å². The highest BCUT2D eigenvalue weighted by Gasteiger charge is 2.12. The van der Waals surface area contributed by atoms with Gasteiger partial charge in [-0.15, -0.1) is 0 Å². The van der Waals surface area contributed by atoms with Crippen molar-refractivity contribution >= 4 is 22.5 Å². The number of rotatable bonds is 5. The summed E-state index contributed by atoms with van der Waals surface area (Å²) in [6.07, 6.45) is 2.79. The summed E-state index contributed by atoms with van der Waals surface area (Å²) >= 11 is 0. The SMILES string of the molecule is CCCN(CC(=O)NC)c1ccnc2ccccc12. The number of anilines is 1. The number of para-hydroxylation sites is 1. The summed E-state index contributed by atoms with van der Waals surface area (Å²) < 4.78 is 0. The van der Waals surface area contributed by atoms with Crippen LogP contribution >= 0.6 is 0 Å². The fourth-order valence-corrected chi connectivity index (χ4v) is 2.16. The molecule has 1 aromatic carbocycles. The van der Waals surface area contributed by atoms with E-state index in [0.29, 0.717) is 6.54 Å². The van der Waals surface area contributed by atoms with Crippen molar-refractivity contribution in [1.29, 1.82) is 0 Å². The molecule has 19 heavy (non-hydrogen) atoms. The van der Waals surface area contributed by atoms with E-state index in [1.807, 2.05) is 30.3 Å². The monoisotopic (exact) mass is 257 g/mol. The first-order chi connectivity index (χ1) is 9.26. The minimum Gasteiger partial charge on any atom is -0.362 e. The average Bonchev–Trinajstić information content (AvgIpc) is 2.46. The minimum atomic E-state index is 0.0225. The maximum atomic E-state index is 11.6. The number of pyridine rings is 1. The molecule has 0 spiro atoms. The molecular weight excluding hydrogens is 238 g/mol. The van der Waals surface area contributed by atoms with Crippen LogP contribution in [0.4, 0.5) is 5.69 Å². The standard InChI is InChI=1S/C15H19N3O/c1-3-10-18(11-15(19)16-2)14-8-9-17-13-7-5-4-6-12(13)14/h4-9H,3,10-11H2,1-2H3,(H,16,19). The first kappa shape index (κ1) is 13.3. The van der Waals surface area contributed by atoms with Crippen molar-refractivity contribution < 1.29 is 4.79 Å². The second-order valence-corrected chi connectivity index (χ2v) is 4.44. The zero-order valence-electron chi connectivity index (χ0n) is 11.4. The van der Waals surface area contributed by atoms with Gasteiger partial charge >= 0.3 is 0 Å². The Kier molecular flexibility index (Phi) is 4.34. The molecule has 0 aliphatic heterocycles. The van der Waals surface area contributed by atoms with E-state index in [2.05, 4.69) is 22.1 Å². The molecule has 1 amide bonds. The molecule has 0 saturated heterocycles. The lowest BCUT2D eigenvalue weighted by Crippen LogP contribution is -2.36. The molecule has 1 aromatic heterocycles. The molecule has 0 saturated carbocycles. The lowest BCUT2D eigenvalue weighted by Gasteiger charge is -2.24. The van der Waals surface area contributed by atoms with Gasteiger partial charge in [-0.3, -0.25) is 9.78 Å². The summed E-state index contributed by atoms with van der Waals surface area (Å²) in [5.41, 5.74) is 2.02. The van der Waals surface area contributed by atoms with Crippen LogP contribution in [-0.4, -0.2) is 31.0 Å². The van der Waals surface area contributed by atoms with Gasteiger partial charge < -0.3 is 10.2 Å². The van der Waals surface area contributed by atoms with E-state index >= 15 is 0 Å². The fraction of sp³-hybridized carbons (Fsp3) is 0.333. The average molecular weight is 257 g/mol. The lowest BCUT2D eigenvalue weighted by molar-refractivity contribution is -0.119. The highest BCUT2D eigenvalue weighted by atomic mass is 16.1. The number of fused-ring (bicyclic) bond motifs is 1. The molecule has 1 heterocycles. The molecule has 1 N–H and O–H groups in total. The van der Waals surface area contributed by atoms with Crippen LogP contribution in [0.1, 0.15) is 13.3 Å². The van der Waals surface area contributed by atoms with Crippen LogP contribution in [0.15, 0.2) is 36.5 Å². The summed E-state index contributed by atoms with van der Waals surface area (Å²) in [6.45, 7) is 3.33. The number of carbonyl (C=O) groups excluding carboxylic acids is 1. The number of aromatic nitrogens is 1. The number of nitrogens with zero attached hydrogens (tertiary/aromatic N) is 2. The smallest absolute Gasteiger partial charge is 0.239 e. The van der Waals surface area contributed by atoms with Gasteiger partial charge in [0.1, 0.15) is 0 Å². The van der Waals surface area contributed by atoms with Crippen LogP contribution in [0, 0.1) is 0 Å². The zero-order valence-corrected chi connectivity index (χ0v) is 11.4. The number of nitrogens with one attached hydrogen (secondary N) is 1. The van der Waals surface area contributed by atoms with E-state index in [9.17, 15) is 4.79 Å². The summed E-state index contributed by atoms with van der Waals surface area (Å²) in [7, 11) is 1.66. The van der Waals surface area contributed by atoms with E-state index in [4.69, 9.17) is 0 Å². The lowest BCUT2D eigenvalue weighted by atomic mass is 10.1. The molecule has 0 atom stereocenters. The first-order valence-electron chi connectivity index (χ1n) is 6.55. The number of hydrogen-bond acceptors (Lipinski definition) is 3. The van der Waals surface area contributed by atoms with Crippen LogP contribution in [0.2, 0.25) is 0 Å². The second-order valence-electron chi connectivity index (χ2n) is 4.44. The molecule has 4 heteroatoms. The zero-order chi connectivity index (χ0) is 13.7. The predicted octanol–water partition coefficient (Wildman–Crippen LogP) is 2.20. The van der Waals surface area contributed by atoms with Crippen LogP contribution in [0.25, 0.3) is 10.9 Å². The number of likely N-dealkylation sites (N-methyl/N-ethyl adjacent to an activating group) is 1. The molecule has 0 bridgehead atoms. The summed E-state index contributed by atoms with van der Waals surface area (Å²) in [6, 6.07) is 9.98. The number of amides is 1. The van der Waals surface area contributed by atoms with Gasteiger partial charge in [-0.25, -0.2) is 0 Å². The molecule has 0 radical (unpaired) electrons. The first-order valence-corrected chi connectivity index (χ1v) is 6.55. The molecule has 2 rings (SSSR count). The highest BCUT2D eigenvalue weighted by molar-refractivity contribution is 5.93. The topological polar surface area (TPSA) is 45.2 Å². The highest BCUT2D eigenvalue weighted by Crippen LogP contribution is 2.25. The molecule has 0 aliphatic rings. The van der Waals surface area contributed by atoms with Gasteiger partial charge in [0, 0.05) is 30.9 Å². The van der Waals surface area contributed by atoms with Crippen molar-refractivity contribution in [2.45, 2.75) is 13.3 Å². The van der Waals surface area contributed by atoms with Crippen LogP contribution in [-0.2, 0) is 4.79 Å². The molecule has 4 nitrogen and oxygen atoms in total. The van der Waals surface area contributed by atoms with Crippen molar-refractivity contribution in [2.24, 2.45) is 0 Å². The van der Waals surface area contributed by atoms with Gasteiger partial charge in [-0.1, -0.05) is 25.1 Å². The fourth-order valence-electron chi connectivity index (χ4n) is 2.16. The second kappa shape index (κ2) is 6.18. The Balaban J connectivity index is 2.40. The third-order valence-corrected chi connectivity index (χ3v) is 3.07. The normalized spacial score (nSPS) is 10.4. The van der Waals surface area contributed by atoms with Crippen LogP contribution < -0.4 is 10.2 Å². The van der Waals surface area contributed by atoms with Gasteiger partial charge in [0.15, 0.2) is 0 Å². The van der Waals surface area contributed by atoms with Crippen molar-refractivity contribution in [2.75, 3.05) is 25.0 Å². The van der Waals surface area contributed by atoms with Gasteiger partial charge in [0.05, 0.1) is 12.1 Å². The Morgan fingerprint density at radius 2 is 2.11 bits per heavy atom. The number of benzene rings is 1. The van der Waals surface area contributed by atoms with Crippen LogP contribution in [0.3, 0.4) is 0 Å². The van der Waals surface area contributed by atoms with E-state index in [1.54, 1.807) is 13.2 Å². The maximum absolute atomic E-state index is 11.6. The van der Waals surface area contributed by atoms with Crippen molar-refractivity contribution in [3.05, 3.63) is 36.5 Å². The van der Waals surface area contributed by atoms with Gasteiger partial charge in [0.2, 0.25) is 5.91 Å².